The van der Waals surface area contributed by atoms with Gasteiger partial charge >= 0.3 is 6.03 Å². The van der Waals surface area contributed by atoms with Gasteiger partial charge in [-0.1, -0.05) is 0 Å². The van der Waals surface area contributed by atoms with Crippen LogP contribution in [0.3, 0.4) is 0 Å². The van der Waals surface area contributed by atoms with Gasteiger partial charge in [-0.25, -0.2) is 4.79 Å². The number of rotatable bonds is 7. The van der Waals surface area contributed by atoms with Crippen molar-refractivity contribution in [2.75, 3.05) is 26.7 Å². The monoisotopic (exact) mass is 318 g/mol. The first-order chi connectivity index (χ1) is 11.2. The summed E-state index contributed by atoms with van der Waals surface area (Å²) in [7, 11) is 1.62. The fourth-order valence-corrected chi connectivity index (χ4v) is 2.10. The van der Waals surface area contributed by atoms with E-state index >= 15 is 0 Å². The molecule has 0 fully saturated rings. The van der Waals surface area contributed by atoms with Crippen LogP contribution in [0, 0.1) is 0 Å². The number of ether oxygens (including phenoxy) is 1. The third-order valence-corrected chi connectivity index (χ3v) is 3.47. The van der Waals surface area contributed by atoms with Crippen LogP contribution in [-0.4, -0.2) is 47.9 Å². The minimum Gasteiger partial charge on any atom is -0.497 e. The smallest absolute Gasteiger partial charge is 0.317 e. The van der Waals surface area contributed by atoms with E-state index in [4.69, 9.17) is 9.15 Å². The number of hydrogen-bond acceptors (Lipinski definition) is 5. The van der Waals surface area contributed by atoms with Crippen molar-refractivity contribution in [3.05, 3.63) is 30.2 Å². The Balaban J connectivity index is 1.88. The topological polar surface area (TPSA) is 80.5 Å². The van der Waals surface area contributed by atoms with Crippen molar-refractivity contribution in [1.82, 2.24) is 20.4 Å². The molecule has 124 valence electrons. The fraction of sp³-hybridized carbons (Fsp3) is 0.438. The van der Waals surface area contributed by atoms with Crippen molar-refractivity contribution >= 4 is 6.03 Å². The van der Waals surface area contributed by atoms with Gasteiger partial charge in [0.25, 0.3) is 0 Å². The molecule has 2 rings (SSSR count). The van der Waals surface area contributed by atoms with Gasteiger partial charge < -0.3 is 19.4 Å². The lowest BCUT2D eigenvalue weighted by Crippen LogP contribution is -2.40. The third kappa shape index (κ3) is 4.45. The van der Waals surface area contributed by atoms with Crippen LogP contribution in [0.25, 0.3) is 11.5 Å². The number of methoxy groups -OCH3 is 1. The minimum atomic E-state index is -0.0788. The van der Waals surface area contributed by atoms with Crippen molar-refractivity contribution in [2.45, 2.75) is 20.3 Å². The average molecular weight is 318 g/mol. The molecule has 2 amide bonds. The van der Waals surface area contributed by atoms with E-state index < -0.39 is 0 Å². The molecule has 1 heterocycles. The van der Waals surface area contributed by atoms with Crippen LogP contribution in [0.2, 0.25) is 0 Å². The van der Waals surface area contributed by atoms with Crippen molar-refractivity contribution < 1.29 is 13.9 Å². The molecule has 2 aromatic rings. The fourth-order valence-electron chi connectivity index (χ4n) is 2.10. The predicted molar refractivity (Wildman–Crippen MR) is 86.3 cm³/mol. The Morgan fingerprint density at radius 2 is 1.91 bits per heavy atom. The van der Waals surface area contributed by atoms with E-state index in [0.717, 1.165) is 11.3 Å². The van der Waals surface area contributed by atoms with Gasteiger partial charge in [0, 0.05) is 31.6 Å². The van der Waals surface area contributed by atoms with E-state index in [2.05, 4.69) is 15.5 Å². The number of hydrogen-bond donors (Lipinski definition) is 1. The highest BCUT2D eigenvalue weighted by molar-refractivity contribution is 5.74. The van der Waals surface area contributed by atoms with Gasteiger partial charge in [-0.15, -0.1) is 10.2 Å². The molecule has 0 spiro atoms. The first-order valence-electron chi connectivity index (χ1n) is 7.67. The number of nitrogens with one attached hydrogen (secondary N) is 1. The highest BCUT2D eigenvalue weighted by Gasteiger charge is 2.11. The Labute approximate surface area is 135 Å². The molecule has 7 nitrogen and oxygen atoms in total. The molecule has 1 aromatic carbocycles. The van der Waals surface area contributed by atoms with Crippen LogP contribution in [0.1, 0.15) is 19.7 Å². The molecule has 0 unspecified atom stereocenters. The number of nitrogens with zero attached hydrogens (tertiary/aromatic N) is 3. The number of carbonyl (C=O) groups is 1. The van der Waals surface area contributed by atoms with Gasteiger partial charge in [0.15, 0.2) is 0 Å². The summed E-state index contributed by atoms with van der Waals surface area (Å²) in [6, 6.07) is 7.31. The molecular weight excluding hydrogens is 296 g/mol. The molecule has 0 radical (unpaired) electrons. The highest BCUT2D eigenvalue weighted by atomic mass is 16.5. The molecule has 0 bridgehead atoms. The van der Waals surface area contributed by atoms with Crippen LogP contribution >= 0.6 is 0 Å². The summed E-state index contributed by atoms with van der Waals surface area (Å²) in [4.78, 5) is 13.5. The number of urea groups is 1. The zero-order valence-corrected chi connectivity index (χ0v) is 13.7. The van der Waals surface area contributed by atoms with Crippen molar-refractivity contribution in [3.63, 3.8) is 0 Å². The van der Waals surface area contributed by atoms with Gasteiger partial charge in [0.1, 0.15) is 5.75 Å². The molecule has 7 heteroatoms. The molecular formula is C16H22N4O3. The molecule has 0 aliphatic carbocycles. The maximum Gasteiger partial charge on any atom is 0.317 e. The summed E-state index contributed by atoms with van der Waals surface area (Å²) < 4.78 is 10.7. The maximum atomic E-state index is 11.8. The Morgan fingerprint density at radius 3 is 2.52 bits per heavy atom. The SMILES string of the molecule is CCN(CC)C(=O)NCCc1nnc(-c2ccc(OC)cc2)o1. The summed E-state index contributed by atoms with van der Waals surface area (Å²) in [5.74, 6) is 1.72. The van der Waals surface area contributed by atoms with Crippen LogP contribution in [0.15, 0.2) is 28.7 Å². The van der Waals surface area contributed by atoms with E-state index in [-0.39, 0.29) is 6.03 Å². The maximum absolute atomic E-state index is 11.8. The lowest BCUT2D eigenvalue weighted by atomic mass is 10.2. The van der Waals surface area contributed by atoms with E-state index in [1.165, 1.54) is 0 Å². The summed E-state index contributed by atoms with van der Waals surface area (Å²) in [6.07, 6.45) is 0.496. The van der Waals surface area contributed by atoms with E-state index in [0.29, 0.717) is 37.8 Å². The van der Waals surface area contributed by atoms with Gasteiger partial charge in [-0.05, 0) is 38.1 Å². The van der Waals surface area contributed by atoms with Crippen LogP contribution < -0.4 is 10.1 Å². The molecule has 0 aliphatic rings. The standard InChI is InChI=1S/C16H22N4O3/c1-4-20(5-2)16(21)17-11-10-14-18-19-15(23-14)12-6-8-13(22-3)9-7-12/h6-9H,4-5,10-11H2,1-3H3,(H,17,21). The summed E-state index contributed by atoms with van der Waals surface area (Å²) >= 11 is 0. The second-order valence-corrected chi connectivity index (χ2v) is 4.88. The van der Waals surface area contributed by atoms with Crippen LogP contribution in [-0.2, 0) is 6.42 Å². The van der Waals surface area contributed by atoms with Gasteiger partial charge in [0.2, 0.25) is 11.8 Å². The average Bonchev–Trinajstić information content (AvgIpc) is 3.05. The predicted octanol–water partition coefficient (Wildman–Crippen LogP) is 2.34. The Hall–Kier alpha value is -2.57. The zero-order valence-electron chi connectivity index (χ0n) is 13.7. The number of amides is 2. The first-order valence-corrected chi connectivity index (χ1v) is 7.67. The van der Waals surface area contributed by atoms with Crippen molar-refractivity contribution in [2.24, 2.45) is 0 Å². The normalized spacial score (nSPS) is 10.4. The third-order valence-electron chi connectivity index (χ3n) is 3.47. The van der Waals surface area contributed by atoms with Crippen molar-refractivity contribution in [3.8, 4) is 17.2 Å². The second kappa shape index (κ2) is 8.17. The van der Waals surface area contributed by atoms with Gasteiger partial charge in [-0.2, -0.15) is 0 Å². The van der Waals surface area contributed by atoms with Crippen LogP contribution in [0.5, 0.6) is 5.75 Å². The lowest BCUT2D eigenvalue weighted by molar-refractivity contribution is 0.203. The van der Waals surface area contributed by atoms with Gasteiger partial charge in [-0.3, -0.25) is 0 Å². The van der Waals surface area contributed by atoms with E-state index in [9.17, 15) is 4.79 Å². The quantitative estimate of drug-likeness (QED) is 0.847. The molecule has 23 heavy (non-hydrogen) atoms. The minimum absolute atomic E-state index is 0.0788. The first kappa shape index (κ1) is 16.8. The second-order valence-electron chi connectivity index (χ2n) is 4.88. The van der Waals surface area contributed by atoms with E-state index in [1.54, 1.807) is 12.0 Å². The molecule has 0 saturated heterocycles. The number of carbonyl (C=O) groups excluding carboxylic acids is 1. The summed E-state index contributed by atoms with van der Waals surface area (Å²) in [6.45, 7) is 5.72. The number of aromatic nitrogens is 2. The van der Waals surface area contributed by atoms with Crippen molar-refractivity contribution in [1.29, 1.82) is 0 Å². The summed E-state index contributed by atoms with van der Waals surface area (Å²) in [5, 5.41) is 10.9. The molecule has 1 N–H and O–H groups in total. The molecule has 0 atom stereocenters. The van der Waals surface area contributed by atoms with E-state index in [1.807, 2.05) is 38.1 Å². The summed E-state index contributed by atoms with van der Waals surface area (Å²) in [5.41, 5.74) is 0.830. The Bertz CT molecular complexity index is 621. The van der Waals surface area contributed by atoms with Crippen LogP contribution in [0.4, 0.5) is 4.79 Å². The van der Waals surface area contributed by atoms with Gasteiger partial charge in [0.05, 0.1) is 7.11 Å². The zero-order chi connectivity index (χ0) is 16.7. The Morgan fingerprint density at radius 1 is 1.22 bits per heavy atom. The molecule has 1 aromatic heterocycles. The largest absolute Gasteiger partial charge is 0.497 e. The highest BCUT2D eigenvalue weighted by Crippen LogP contribution is 2.21. The lowest BCUT2D eigenvalue weighted by Gasteiger charge is -2.18. The Kier molecular flexibility index (Phi) is 5.96. The molecule has 0 aliphatic heterocycles. The molecule has 0 saturated carbocycles. The number of benzene rings is 1.